The Kier molecular flexibility index (Phi) is 4.30. The van der Waals surface area contributed by atoms with Crippen LogP contribution in [0.4, 0.5) is 5.82 Å². The van der Waals surface area contributed by atoms with Crippen molar-refractivity contribution in [1.82, 2.24) is 9.97 Å². The molecule has 2 aromatic heterocycles. The summed E-state index contributed by atoms with van der Waals surface area (Å²) in [5.74, 6) is -0.00753. The van der Waals surface area contributed by atoms with Gasteiger partial charge in [0.25, 0.3) is 0 Å². The number of halogens is 1. The first-order chi connectivity index (χ1) is 9.16. The molecule has 0 aliphatic rings. The van der Waals surface area contributed by atoms with Gasteiger partial charge >= 0.3 is 0 Å². The molecule has 6 heteroatoms. The second kappa shape index (κ2) is 6.15. The molecular weight excluding hydrogens is 264 g/mol. The van der Waals surface area contributed by atoms with Crippen LogP contribution in [0, 0.1) is 0 Å². The zero-order chi connectivity index (χ0) is 13.7. The monoisotopic (exact) mass is 276 g/mol. The number of carbonyl (C=O) groups is 1. The molecule has 0 bridgehead atoms. The van der Waals surface area contributed by atoms with Gasteiger partial charge in [0.15, 0.2) is 0 Å². The van der Waals surface area contributed by atoms with Gasteiger partial charge in [-0.05, 0) is 24.1 Å². The normalized spacial score (nSPS) is 10.2. The summed E-state index contributed by atoms with van der Waals surface area (Å²) < 4.78 is 0. The number of nitrogens with zero attached hydrogens (tertiary/aromatic N) is 2. The Hall–Kier alpha value is -2.14. The van der Waals surface area contributed by atoms with Gasteiger partial charge in [0, 0.05) is 25.1 Å². The van der Waals surface area contributed by atoms with E-state index in [1.807, 2.05) is 18.3 Å². The van der Waals surface area contributed by atoms with Crippen molar-refractivity contribution >= 4 is 23.3 Å². The number of nitrogens with two attached hydrogens (primary N) is 1. The Morgan fingerprint density at radius 1 is 1.42 bits per heavy atom. The largest absolute Gasteiger partial charge is 0.369 e. The van der Waals surface area contributed by atoms with E-state index >= 15 is 0 Å². The average molecular weight is 277 g/mol. The molecule has 0 unspecified atom stereocenters. The van der Waals surface area contributed by atoms with Gasteiger partial charge in [-0.3, -0.25) is 9.78 Å². The quantitative estimate of drug-likeness (QED) is 0.874. The van der Waals surface area contributed by atoms with E-state index in [4.69, 9.17) is 17.3 Å². The molecule has 2 aromatic rings. The van der Waals surface area contributed by atoms with Crippen molar-refractivity contribution in [2.75, 3.05) is 11.9 Å². The highest BCUT2D eigenvalue weighted by Crippen LogP contribution is 2.19. The molecule has 0 radical (unpaired) electrons. The van der Waals surface area contributed by atoms with Crippen molar-refractivity contribution in [2.45, 2.75) is 6.42 Å². The van der Waals surface area contributed by atoms with Crippen molar-refractivity contribution in [3.63, 3.8) is 0 Å². The zero-order valence-electron chi connectivity index (χ0n) is 10.1. The van der Waals surface area contributed by atoms with Crippen LogP contribution in [0.3, 0.4) is 0 Å². The van der Waals surface area contributed by atoms with Gasteiger partial charge in [-0.1, -0.05) is 17.7 Å². The topological polar surface area (TPSA) is 80.9 Å². The Balaban J connectivity index is 1.95. The van der Waals surface area contributed by atoms with E-state index in [9.17, 15) is 4.79 Å². The second-order valence-corrected chi connectivity index (χ2v) is 4.36. The van der Waals surface area contributed by atoms with Crippen LogP contribution in [-0.4, -0.2) is 22.4 Å². The number of primary amides is 1. The minimum atomic E-state index is -0.545. The molecule has 3 N–H and O–H groups in total. The van der Waals surface area contributed by atoms with E-state index < -0.39 is 5.91 Å². The van der Waals surface area contributed by atoms with Crippen molar-refractivity contribution in [3.05, 3.63) is 52.9 Å². The van der Waals surface area contributed by atoms with E-state index in [0.29, 0.717) is 22.9 Å². The second-order valence-electron chi connectivity index (χ2n) is 3.96. The summed E-state index contributed by atoms with van der Waals surface area (Å²) in [4.78, 5) is 19.1. The molecular formula is C13H13ClN4O. The molecule has 98 valence electrons. The average Bonchev–Trinajstić information content (AvgIpc) is 2.41. The van der Waals surface area contributed by atoms with Gasteiger partial charge in [-0.25, -0.2) is 4.98 Å². The molecule has 2 heterocycles. The molecule has 1 amide bonds. The summed E-state index contributed by atoms with van der Waals surface area (Å²) in [6.45, 7) is 0.675. The molecule has 0 aliphatic carbocycles. The van der Waals surface area contributed by atoms with E-state index in [1.54, 1.807) is 6.20 Å². The fourth-order valence-corrected chi connectivity index (χ4v) is 1.81. The lowest BCUT2D eigenvalue weighted by molar-refractivity contribution is 0.1000. The maximum Gasteiger partial charge on any atom is 0.250 e. The number of aromatic nitrogens is 2. The van der Waals surface area contributed by atoms with E-state index in [0.717, 1.165) is 12.0 Å². The first-order valence-corrected chi connectivity index (χ1v) is 6.13. The summed E-state index contributed by atoms with van der Waals surface area (Å²) in [5.41, 5.74) is 6.56. The number of carbonyl (C=O) groups excluding carboxylic acids is 1. The molecule has 0 aromatic carbocycles. The van der Waals surface area contributed by atoms with Crippen molar-refractivity contribution in [2.24, 2.45) is 5.73 Å². The third kappa shape index (κ3) is 3.66. The van der Waals surface area contributed by atoms with Gasteiger partial charge in [0.2, 0.25) is 5.91 Å². The number of hydrogen-bond acceptors (Lipinski definition) is 4. The maximum atomic E-state index is 11.0. The third-order valence-electron chi connectivity index (χ3n) is 2.55. The summed E-state index contributed by atoms with van der Waals surface area (Å²) in [6, 6.07) is 5.39. The number of amides is 1. The van der Waals surface area contributed by atoms with Crippen LogP contribution >= 0.6 is 11.6 Å². The lowest BCUT2D eigenvalue weighted by atomic mass is 10.2. The van der Waals surface area contributed by atoms with Crippen LogP contribution in [0.1, 0.15) is 15.9 Å². The number of anilines is 1. The van der Waals surface area contributed by atoms with Gasteiger partial charge in [0.05, 0.1) is 10.6 Å². The molecule has 5 nitrogen and oxygen atoms in total. The summed E-state index contributed by atoms with van der Waals surface area (Å²) >= 11 is 6.01. The molecule has 0 atom stereocenters. The highest BCUT2D eigenvalue weighted by atomic mass is 35.5. The van der Waals surface area contributed by atoms with Crippen molar-refractivity contribution in [3.8, 4) is 0 Å². The highest BCUT2D eigenvalue weighted by molar-refractivity contribution is 6.33. The Bertz CT molecular complexity index is 574. The Labute approximate surface area is 115 Å². The summed E-state index contributed by atoms with van der Waals surface area (Å²) in [6.07, 6.45) is 5.76. The first kappa shape index (κ1) is 13.3. The van der Waals surface area contributed by atoms with Crippen molar-refractivity contribution < 1.29 is 4.79 Å². The minimum Gasteiger partial charge on any atom is -0.369 e. The molecule has 0 spiro atoms. The standard InChI is InChI=1S/C13H13ClN4O/c14-11-6-10(12(15)19)8-18-13(11)17-5-3-9-2-1-4-16-7-9/h1-2,4,6-8H,3,5H2,(H2,15,19)(H,17,18). The van der Waals surface area contributed by atoms with Crippen LogP contribution < -0.4 is 11.1 Å². The van der Waals surface area contributed by atoms with Crippen molar-refractivity contribution in [1.29, 1.82) is 0 Å². The van der Waals surface area contributed by atoms with E-state index in [2.05, 4.69) is 15.3 Å². The van der Waals surface area contributed by atoms with E-state index in [-0.39, 0.29) is 0 Å². The highest BCUT2D eigenvalue weighted by Gasteiger charge is 2.06. The summed E-state index contributed by atoms with van der Waals surface area (Å²) in [7, 11) is 0. The third-order valence-corrected chi connectivity index (χ3v) is 2.84. The molecule has 19 heavy (non-hydrogen) atoms. The van der Waals surface area contributed by atoms with Crippen LogP contribution in [0.25, 0.3) is 0 Å². The van der Waals surface area contributed by atoms with Crippen LogP contribution in [0.2, 0.25) is 5.02 Å². The zero-order valence-corrected chi connectivity index (χ0v) is 10.9. The fraction of sp³-hybridized carbons (Fsp3) is 0.154. The lowest BCUT2D eigenvalue weighted by Crippen LogP contribution is -2.12. The molecule has 0 fully saturated rings. The SMILES string of the molecule is NC(=O)c1cnc(NCCc2cccnc2)c(Cl)c1. The minimum absolute atomic E-state index is 0.294. The maximum absolute atomic E-state index is 11.0. The van der Waals surface area contributed by atoms with Crippen LogP contribution in [0.15, 0.2) is 36.8 Å². The van der Waals surface area contributed by atoms with E-state index in [1.165, 1.54) is 12.3 Å². The summed E-state index contributed by atoms with van der Waals surface area (Å²) in [5, 5.41) is 3.48. The van der Waals surface area contributed by atoms with Gasteiger partial charge in [0.1, 0.15) is 5.82 Å². The smallest absolute Gasteiger partial charge is 0.250 e. The number of rotatable bonds is 5. The van der Waals surface area contributed by atoms with Gasteiger partial charge in [-0.15, -0.1) is 0 Å². The Morgan fingerprint density at radius 3 is 2.89 bits per heavy atom. The number of nitrogens with one attached hydrogen (secondary N) is 1. The molecule has 0 saturated carbocycles. The first-order valence-electron chi connectivity index (χ1n) is 5.75. The fourth-order valence-electron chi connectivity index (χ4n) is 1.57. The lowest BCUT2D eigenvalue weighted by Gasteiger charge is -2.07. The predicted octanol–water partition coefficient (Wildman–Crippen LogP) is 1.88. The van der Waals surface area contributed by atoms with Crippen LogP contribution in [0.5, 0.6) is 0 Å². The molecule has 2 rings (SSSR count). The molecule has 0 saturated heterocycles. The van der Waals surface area contributed by atoms with Gasteiger partial charge in [-0.2, -0.15) is 0 Å². The Morgan fingerprint density at radius 2 is 2.26 bits per heavy atom. The molecule has 0 aliphatic heterocycles. The van der Waals surface area contributed by atoms with Gasteiger partial charge < -0.3 is 11.1 Å². The predicted molar refractivity (Wildman–Crippen MR) is 74.2 cm³/mol. The number of hydrogen-bond donors (Lipinski definition) is 2. The van der Waals surface area contributed by atoms with Crippen LogP contribution in [-0.2, 0) is 6.42 Å². The number of pyridine rings is 2.